The van der Waals surface area contributed by atoms with Gasteiger partial charge in [-0.3, -0.25) is 9.59 Å². The molecule has 5 nitrogen and oxygen atoms in total. The van der Waals surface area contributed by atoms with E-state index in [-0.39, 0.29) is 11.8 Å². The molecule has 30 heavy (non-hydrogen) atoms. The molecule has 2 heterocycles. The Morgan fingerprint density at radius 3 is 2.40 bits per heavy atom. The van der Waals surface area contributed by atoms with Crippen LogP contribution in [0.5, 0.6) is 0 Å². The van der Waals surface area contributed by atoms with Crippen molar-refractivity contribution >= 4 is 67.8 Å². The monoisotopic (exact) mass is 461 g/mol. The summed E-state index contributed by atoms with van der Waals surface area (Å²) >= 11 is 13.8. The summed E-state index contributed by atoms with van der Waals surface area (Å²) in [6.45, 7) is 4.97. The molecule has 0 bridgehead atoms. The number of nitrogens with zero attached hydrogens (tertiary/aromatic N) is 2. The van der Waals surface area contributed by atoms with Gasteiger partial charge < -0.3 is 15.1 Å². The zero-order valence-electron chi connectivity index (χ0n) is 16.5. The summed E-state index contributed by atoms with van der Waals surface area (Å²) in [4.78, 5) is 29.2. The lowest BCUT2D eigenvalue weighted by molar-refractivity contribution is -0.131. The zero-order chi connectivity index (χ0) is 21.3. The lowest BCUT2D eigenvalue weighted by atomic mass is 10.2. The number of carbonyl (C=O) groups is 2. The molecule has 0 radical (unpaired) electrons. The quantitative estimate of drug-likeness (QED) is 0.556. The standard InChI is InChI=1S/C22H21Cl2N3O2S/c1-2-19(28)27-11-9-26(10-12-27)16-6-4-15(5-7-16)25-22(29)21-20(24)17-8-3-14(23)13-18(17)30-21/h3-8,13H,2,9-12H2,1H3,(H,25,29). The van der Waals surface area contributed by atoms with Crippen molar-refractivity contribution < 1.29 is 9.59 Å². The Bertz CT molecular complexity index is 1090. The molecule has 1 N–H and O–H groups in total. The topological polar surface area (TPSA) is 52.7 Å². The largest absolute Gasteiger partial charge is 0.368 e. The number of hydrogen-bond donors (Lipinski definition) is 1. The van der Waals surface area contributed by atoms with E-state index in [9.17, 15) is 9.59 Å². The summed E-state index contributed by atoms with van der Waals surface area (Å²) in [5.41, 5.74) is 1.78. The fraction of sp³-hybridized carbons (Fsp3) is 0.273. The molecule has 0 saturated carbocycles. The molecule has 156 valence electrons. The van der Waals surface area contributed by atoms with Gasteiger partial charge in [0.1, 0.15) is 4.88 Å². The van der Waals surface area contributed by atoms with E-state index in [1.165, 1.54) is 11.3 Å². The number of rotatable bonds is 4. The van der Waals surface area contributed by atoms with Gasteiger partial charge in [0.05, 0.1) is 5.02 Å². The Labute approximate surface area is 189 Å². The van der Waals surface area contributed by atoms with Gasteiger partial charge in [0.2, 0.25) is 5.91 Å². The predicted molar refractivity (Wildman–Crippen MR) is 125 cm³/mol. The molecular weight excluding hydrogens is 441 g/mol. The highest BCUT2D eigenvalue weighted by Gasteiger charge is 2.21. The Morgan fingerprint density at radius 2 is 1.73 bits per heavy atom. The summed E-state index contributed by atoms with van der Waals surface area (Å²) in [6.07, 6.45) is 0.547. The van der Waals surface area contributed by atoms with Crippen LogP contribution in [0.1, 0.15) is 23.0 Å². The van der Waals surface area contributed by atoms with E-state index in [1.54, 1.807) is 6.07 Å². The van der Waals surface area contributed by atoms with E-state index >= 15 is 0 Å². The second-order valence-corrected chi connectivity index (χ2v) is 8.97. The molecule has 1 saturated heterocycles. The van der Waals surface area contributed by atoms with Crippen LogP contribution in [0.15, 0.2) is 42.5 Å². The number of amides is 2. The molecule has 1 aliphatic rings. The lowest BCUT2D eigenvalue weighted by Crippen LogP contribution is -2.48. The van der Waals surface area contributed by atoms with Crippen LogP contribution in [-0.2, 0) is 4.79 Å². The summed E-state index contributed by atoms with van der Waals surface area (Å²) in [6, 6.07) is 13.1. The van der Waals surface area contributed by atoms with Crippen molar-refractivity contribution in [1.29, 1.82) is 0 Å². The van der Waals surface area contributed by atoms with Crippen LogP contribution in [0.2, 0.25) is 10.0 Å². The molecule has 0 atom stereocenters. The number of fused-ring (bicyclic) bond motifs is 1. The predicted octanol–water partition coefficient (Wildman–Crippen LogP) is 5.52. The van der Waals surface area contributed by atoms with Gasteiger partial charge in [-0.05, 0) is 36.4 Å². The molecule has 0 unspecified atom stereocenters. The van der Waals surface area contributed by atoms with E-state index in [0.717, 1.165) is 42.0 Å². The second-order valence-electron chi connectivity index (χ2n) is 7.11. The highest BCUT2D eigenvalue weighted by atomic mass is 35.5. The van der Waals surface area contributed by atoms with Gasteiger partial charge in [-0.25, -0.2) is 0 Å². The third-order valence-electron chi connectivity index (χ3n) is 5.22. The van der Waals surface area contributed by atoms with E-state index in [4.69, 9.17) is 23.2 Å². The number of carbonyl (C=O) groups excluding carboxylic acids is 2. The number of halogens is 2. The minimum absolute atomic E-state index is 0.204. The fourth-order valence-electron chi connectivity index (χ4n) is 3.57. The van der Waals surface area contributed by atoms with Gasteiger partial charge in [0.25, 0.3) is 5.91 Å². The summed E-state index contributed by atoms with van der Waals surface area (Å²) in [5.74, 6) is -0.0355. The highest BCUT2D eigenvalue weighted by Crippen LogP contribution is 2.37. The highest BCUT2D eigenvalue weighted by molar-refractivity contribution is 7.21. The van der Waals surface area contributed by atoms with Crippen molar-refractivity contribution in [3.63, 3.8) is 0 Å². The van der Waals surface area contributed by atoms with Crippen LogP contribution in [0.4, 0.5) is 11.4 Å². The third-order valence-corrected chi connectivity index (χ3v) is 7.11. The Balaban J connectivity index is 1.42. The molecular formula is C22H21Cl2N3O2S. The van der Waals surface area contributed by atoms with Crippen molar-refractivity contribution in [2.24, 2.45) is 0 Å². The molecule has 2 amide bonds. The smallest absolute Gasteiger partial charge is 0.267 e. The molecule has 8 heteroatoms. The first-order chi connectivity index (χ1) is 14.5. The van der Waals surface area contributed by atoms with Gasteiger partial charge in [-0.2, -0.15) is 0 Å². The fourth-order valence-corrected chi connectivity index (χ4v) is 5.25. The van der Waals surface area contributed by atoms with Crippen molar-refractivity contribution in [3.8, 4) is 0 Å². The first-order valence-corrected chi connectivity index (χ1v) is 11.3. The van der Waals surface area contributed by atoms with Gasteiger partial charge in [-0.1, -0.05) is 36.2 Å². The van der Waals surface area contributed by atoms with Crippen molar-refractivity contribution in [2.45, 2.75) is 13.3 Å². The molecule has 1 aliphatic heterocycles. The minimum atomic E-state index is -0.239. The first kappa shape index (κ1) is 21.0. The first-order valence-electron chi connectivity index (χ1n) is 9.78. The van der Waals surface area contributed by atoms with Crippen molar-refractivity contribution in [1.82, 2.24) is 4.90 Å². The SMILES string of the molecule is CCC(=O)N1CCN(c2ccc(NC(=O)c3sc4cc(Cl)ccc4c3Cl)cc2)CC1. The summed E-state index contributed by atoms with van der Waals surface area (Å²) < 4.78 is 0.883. The Kier molecular flexibility index (Phi) is 6.18. The molecule has 4 rings (SSSR count). The van der Waals surface area contributed by atoms with Crippen LogP contribution in [-0.4, -0.2) is 42.9 Å². The van der Waals surface area contributed by atoms with Gasteiger partial charge in [0.15, 0.2) is 0 Å². The third kappa shape index (κ3) is 4.26. The average molecular weight is 462 g/mol. The number of nitrogens with one attached hydrogen (secondary N) is 1. The van der Waals surface area contributed by atoms with E-state index < -0.39 is 0 Å². The lowest BCUT2D eigenvalue weighted by Gasteiger charge is -2.36. The van der Waals surface area contributed by atoms with Gasteiger partial charge in [-0.15, -0.1) is 11.3 Å². The van der Waals surface area contributed by atoms with Crippen LogP contribution in [0.25, 0.3) is 10.1 Å². The number of benzene rings is 2. The zero-order valence-corrected chi connectivity index (χ0v) is 18.8. The van der Waals surface area contributed by atoms with Crippen LogP contribution in [0, 0.1) is 0 Å². The van der Waals surface area contributed by atoms with E-state index in [1.807, 2.05) is 48.2 Å². The maximum atomic E-state index is 12.7. The Hall–Kier alpha value is -2.28. The van der Waals surface area contributed by atoms with Crippen molar-refractivity contribution in [2.75, 3.05) is 36.4 Å². The van der Waals surface area contributed by atoms with Gasteiger partial charge in [0, 0.05) is 59.1 Å². The number of anilines is 2. The normalized spacial score (nSPS) is 14.2. The average Bonchev–Trinajstić information content (AvgIpc) is 3.09. The maximum Gasteiger partial charge on any atom is 0.267 e. The van der Waals surface area contributed by atoms with Crippen molar-refractivity contribution in [3.05, 3.63) is 57.4 Å². The molecule has 3 aromatic rings. The maximum absolute atomic E-state index is 12.7. The number of thiophene rings is 1. The van der Waals surface area contributed by atoms with Crippen LogP contribution in [0.3, 0.4) is 0 Å². The molecule has 2 aromatic carbocycles. The van der Waals surface area contributed by atoms with Gasteiger partial charge >= 0.3 is 0 Å². The van der Waals surface area contributed by atoms with Crippen LogP contribution >= 0.6 is 34.5 Å². The number of piperazine rings is 1. The number of hydrogen-bond acceptors (Lipinski definition) is 4. The molecule has 1 aromatic heterocycles. The van der Waals surface area contributed by atoms with E-state index in [2.05, 4.69) is 10.2 Å². The van der Waals surface area contributed by atoms with Crippen LogP contribution < -0.4 is 10.2 Å². The summed E-state index contributed by atoms with van der Waals surface area (Å²) in [7, 11) is 0. The van der Waals surface area contributed by atoms with E-state index in [0.29, 0.717) is 27.0 Å². The summed E-state index contributed by atoms with van der Waals surface area (Å²) in [5, 5.41) is 4.80. The molecule has 0 aliphatic carbocycles. The Morgan fingerprint density at radius 1 is 1.03 bits per heavy atom. The second kappa shape index (κ2) is 8.84. The molecule has 1 fully saturated rings. The molecule has 0 spiro atoms. The minimum Gasteiger partial charge on any atom is -0.368 e.